The number of ether oxygens (including phenoxy) is 2. The van der Waals surface area contributed by atoms with E-state index in [2.05, 4.69) is 14.5 Å². The Hall–Kier alpha value is -2.91. The Kier molecular flexibility index (Phi) is 4.94. The number of anilines is 1. The molecule has 0 spiro atoms. The van der Waals surface area contributed by atoms with Crippen LogP contribution in [-0.2, 0) is 21.6 Å². The summed E-state index contributed by atoms with van der Waals surface area (Å²) in [5.74, 6) is 2.25. The highest BCUT2D eigenvalue weighted by Gasteiger charge is 2.34. The molecule has 9 heteroatoms. The van der Waals surface area contributed by atoms with Crippen molar-refractivity contribution in [1.82, 2.24) is 24.5 Å². The maximum absolute atomic E-state index is 11.9. The molecule has 1 saturated heterocycles. The van der Waals surface area contributed by atoms with Crippen LogP contribution in [0, 0.1) is 0 Å². The van der Waals surface area contributed by atoms with E-state index in [1.54, 1.807) is 12.3 Å². The molecule has 2 aliphatic heterocycles. The molecule has 0 N–H and O–H groups in total. The van der Waals surface area contributed by atoms with E-state index in [1.807, 2.05) is 26.8 Å². The first kappa shape index (κ1) is 20.0. The lowest BCUT2D eigenvalue weighted by molar-refractivity contribution is -0.0530. The van der Waals surface area contributed by atoms with Crippen LogP contribution >= 0.6 is 0 Å². The molecule has 9 nitrogen and oxygen atoms in total. The fourth-order valence-electron chi connectivity index (χ4n) is 4.11. The summed E-state index contributed by atoms with van der Waals surface area (Å²) in [6.45, 7) is 9.98. The summed E-state index contributed by atoms with van der Waals surface area (Å²) in [7, 11) is 0. The van der Waals surface area contributed by atoms with Crippen LogP contribution in [0.5, 0.6) is 0 Å². The average Bonchev–Trinajstić information content (AvgIpc) is 3.19. The number of carbonyl (C=O) groups excluding carboxylic acids is 1. The molecule has 0 atom stereocenters. The van der Waals surface area contributed by atoms with Crippen LogP contribution in [-0.4, -0.2) is 63.2 Å². The smallest absolute Gasteiger partial charge is 0.180 e. The van der Waals surface area contributed by atoms with Crippen molar-refractivity contribution in [1.29, 1.82) is 0 Å². The number of fused-ring (bicyclic) bond motifs is 3. The van der Waals surface area contributed by atoms with Crippen LogP contribution in [0.1, 0.15) is 43.5 Å². The zero-order valence-electron chi connectivity index (χ0n) is 18.1. The van der Waals surface area contributed by atoms with E-state index >= 15 is 0 Å². The largest absolute Gasteiger partial charge is 0.378 e. The van der Waals surface area contributed by atoms with Gasteiger partial charge in [0.2, 0.25) is 0 Å². The van der Waals surface area contributed by atoms with Gasteiger partial charge in [-0.25, -0.2) is 15.0 Å². The second kappa shape index (κ2) is 7.65. The first-order valence-electron chi connectivity index (χ1n) is 10.7. The van der Waals surface area contributed by atoms with E-state index in [-0.39, 0.29) is 5.78 Å². The molecular weight excluding hydrogens is 396 g/mol. The van der Waals surface area contributed by atoms with E-state index in [9.17, 15) is 4.79 Å². The van der Waals surface area contributed by atoms with Crippen molar-refractivity contribution >= 4 is 22.8 Å². The van der Waals surface area contributed by atoms with Gasteiger partial charge in [-0.2, -0.15) is 0 Å². The second-order valence-electron chi connectivity index (χ2n) is 8.30. The fraction of sp³-hybridized carbons (Fsp3) is 0.500. The SMILES string of the molecule is CCC(=O)c1ccc(-c2nc(N3CCOCC3)c3nc4n(c3n2)CCOC4(C)C)cn1. The summed E-state index contributed by atoms with van der Waals surface area (Å²) in [6, 6.07) is 3.60. The molecule has 5 rings (SSSR count). The van der Waals surface area contributed by atoms with E-state index < -0.39 is 5.60 Å². The molecule has 0 unspecified atom stereocenters. The third-order valence-corrected chi connectivity index (χ3v) is 5.83. The van der Waals surface area contributed by atoms with Crippen molar-refractivity contribution < 1.29 is 14.3 Å². The first-order valence-corrected chi connectivity index (χ1v) is 10.7. The molecule has 0 radical (unpaired) electrons. The summed E-state index contributed by atoms with van der Waals surface area (Å²) in [5.41, 5.74) is 2.31. The van der Waals surface area contributed by atoms with Gasteiger partial charge in [0.1, 0.15) is 17.1 Å². The summed E-state index contributed by atoms with van der Waals surface area (Å²) < 4.78 is 13.6. The van der Waals surface area contributed by atoms with Crippen LogP contribution in [0.3, 0.4) is 0 Å². The van der Waals surface area contributed by atoms with E-state index in [0.29, 0.717) is 44.3 Å². The number of morpholine rings is 1. The Morgan fingerprint density at radius 2 is 1.90 bits per heavy atom. The molecule has 31 heavy (non-hydrogen) atoms. The number of rotatable bonds is 4. The van der Waals surface area contributed by atoms with Gasteiger partial charge in [0.15, 0.2) is 28.6 Å². The van der Waals surface area contributed by atoms with Gasteiger partial charge in [0.05, 0.1) is 19.8 Å². The van der Waals surface area contributed by atoms with E-state index in [4.69, 9.17) is 24.4 Å². The van der Waals surface area contributed by atoms with Crippen molar-refractivity contribution in [3.63, 3.8) is 0 Å². The van der Waals surface area contributed by atoms with Gasteiger partial charge in [-0.3, -0.25) is 9.78 Å². The monoisotopic (exact) mass is 422 g/mol. The maximum atomic E-state index is 11.9. The van der Waals surface area contributed by atoms with E-state index in [0.717, 1.165) is 41.5 Å². The molecule has 5 heterocycles. The standard InChI is InChI=1S/C22H26N6O3/c1-4-16(29)15-6-5-14(13-23-15)18-25-19(27-7-10-30-11-8-27)17-20(26-18)28-9-12-31-22(2,3)21(28)24-17/h5-6,13H,4,7-12H2,1-3H3. The normalized spacial score (nSPS) is 18.2. The van der Waals surface area contributed by atoms with Crippen molar-refractivity contribution in [2.75, 3.05) is 37.8 Å². The molecule has 162 valence electrons. The van der Waals surface area contributed by atoms with Crippen molar-refractivity contribution in [2.24, 2.45) is 0 Å². The molecule has 2 aliphatic rings. The summed E-state index contributed by atoms with van der Waals surface area (Å²) in [4.78, 5) is 33.2. The molecule has 0 aromatic carbocycles. The van der Waals surface area contributed by atoms with Crippen molar-refractivity contribution in [2.45, 2.75) is 39.3 Å². The topological polar surface area (TPSA) is 95.3 Å². The molecule has 0 amide bonds. The molecule has 0 bridgehead atoms. The van der Waals surface area contributed by atoms with Gasteiger partial charge < -0.3 is 18.9 Å². The average molecular weight is 422 g/mol. The molecular formula is C22H26N6O3. The summed E-state index contributed by atoms with van der Waals surface area (Å²) in [6.07, 6.45) is 2.10. The minimum atomic E-state index is -0.495. The quantitative estimate of drug-likeness (QED) is 0.592. The van der Waals surface area contributed by atoms with Gasteiger partial charge in [0, 0.05) is 37.8 Å². The lowest BCUT2D eigenvalue weighted by Crippen LogP contribution is -2.37. The highest BCUT2D eigenvalue weighted by atomic mass is 16.5. The van der Waals surface area contributed by atoms with Gasteiger partial charge in [-0.1, -0.05) is 6.92 Å². The zero-order valence-corrected chi connectivity index (χ0v) is 18.1. The summed E-state index contributed by atoms with van der Waals surface area (Å²) in [5, 5.41) is 0. The number of Topliss-reactive ketones (excluding diaryl/α,β-unsaturated/α-hetero) is 1. The highest BCUT2D eigenvalue weighted by molar-refractivity contribution is 5.94. The Balaban J connectivity index is 1.68. The molecule has 1 fully saturated rings. The number of pyridine rings is 1. The van der Waals surface area contributed by atoms with Crippen LogP contribution in [0.4, 0.5) is 5.82 Å². The number of hydrogen-bond acceptors (Lipinski definition) is 8. The second-order valence-corrected chi connectivity index (χ2v) is 8.30. The van der Waals surface area contributed by atoms with Gasteiger partial charge in [0.25, 0.3) is 0 Å². The lowest BCUT2D eigenvalue weighted by atomic mass is 10.1. The van der Waals surface area contributed by atoms with Crippen LogP contribution < -0.4 is 4.90 Å². The summed E-state index contributed by atoms with van der Waals surface area (Å²) >= 11 is 0. The molecule has 3 aromatic rings. The Morgan fingerprint density at radius 3 is 2.61 bits per heavy atom. The third kappa shape index (κ3) is 3.47. The molecule has 0 aliphatic carbocycles. The van der Waals surface area contributed by atoms with Crippen LogP contribution in [0.25, 0.3) is 22.6 Å². The Morgan fingerprint density at radius 1 is 1.10 bits per heavy atom. The molecule has 0 saturated carbocycles. The highest BCUT2D eigenvalue weighted by Crippen LogP contribution is 2.35. The predicted molar refractivity (Wildman–Crippen MR) is 115 cm³/mol. The van der Waals surface area contributed by atoms with Crippen LogP contribution in [0.2, 0.25) is 0 Å². The van der Waals surface area contributed by atoms with Gasteiger partial charge in [-0.05, 0) is 26.0 Å². The fourth-order valence-corrected chi connectivity index (χ4v) is 4.11. The third-order valence-electron chi connectivity index (χ3n) is 5.83. The Labute approximate surface area is 180 Å². The zero-order chi connectivity index (χ0) is 21.6. The first-order chi connectivity index (χ1) is 15.0. The van der Waals surface area contributed by atoms with Crippen molar-refractivity contribution in [3.8, 4) is 11.4 Å². The lowest BCUT2D eigenvalue weighted by Gasteiger charge is -2.30. The number of aromatic nitrogens is 5. The maximum Gasteiger partial charge on any atom is 0.180 e. The number of nitrogens with zero attached hydrogens (tertiary/aromatic N) is 6. The van der Waals surface area contributed by atoms with Gasteiger partial charge >= 0.3 is 0 Å². The van der Waals surface area contributed by atoms with Crippen LogP contribution in [0.15, 0.2) is 18.3 Å². The minimum absolute atomic E-state index is 0.0176. The number of carbonyl (C=O) groups is 1. The number of ketones is 1. The predicted octanol–water partition coefficient (Wildman–Crippen LogP) is 2.58. The van der Waals surface area contributed by atoms with Gasteiger partial charge in [-0.15, -0.1) is 0 Å². The Bertz CT molecular complexity index is 1130. The molecule has 3 aromatic heterocycles. The van der Waals surface area contributed by atoms with Crippen molar-refractivity contribution in [3.05, 3.63) is 29.8 Å². The van der Waals surface area contributed by atoms with E-state index in [1.165, 1.54) is 0 Å². The number of hydrogen-bond donors (Lipinski definition) is 0. The number of imidazole rings is 1. The minimum Gasteiger partial charge on any atom is -0.378 e.